The summed E-state index contributed by atoms with van der Waals surface area (Å²) < 4.78 is 6.79. The van der Waals surface area contributed by atoms with Crippen LogP contribution in [0.1, 0.15) is 36.6 Å². The zero-order valence-corrected chi connectivity index (χ0v) is 13.3. The minimum absolute atomic E-state index is 0.0603. The van der Waals surface area contributed by atoms with Crippen molar-refractivity contribution in [1.29, 1.82) is 0 Å². The van der Waals surface area contributed by atoms with E-state index in [0.717, 1.165) is 28.0 Å². The molecule has 1 aliphatic heterocycles. The van der Waals surface area contributed by atoms with Crippen LogP contribution in [-0.4, -0.2) is 6.61 Å². The molecule has 0 bridgehead atoms. The van der Waals surface area contributed by atoms with Gasteiger partial charge < -0.3 is 10.5 Å². The van der Waals surface area contributed by atoms with Gasteiger partial charge in [-0.1, -0.05) is 48.0 Å². The van der Waals surface area contributed by atoms with Gasteiger partial charge in [0.1, 0.15) is 5.75 Å². The smallest absolute Gasteiger partial charge is 0.123 e. The van der Waals surface area contributed by atoms with Gasteiger partial charge in [0.05, 0.1) is 12.6 Å². The minimum atomic E-state index is -0.107. The lowest BCUT2D eigenvalue weighted by molar-refractivity contribution is 0.291. The van der Waals surface area contributed by atoms with E-state index < -0.39 is 0 Å². The van der Waals surface area contributed by atoms with Crippen molar-refractivity contribution in [3.05, 3.63) is 63.6 Å². The van der Waals surface area contributed by atoms with Crippen molar-refractivity contribution in [2.75, 3.05) is 6.61 Å². The molecule has 104 valence electrons. The van der Waals surface area contributed by atoms with Crippen LogP contribution in [0.25, 0.3) is 0 Å². The topological polar surface area (TPSA) is 35.2 Å². The van der Waals surface area contributed by atoms with Crippen molar-refractivity contribution in [2.45, 2.75) is 25.3 Å². The van der Waals surface area contributed by atoms with E-state index >= 15 is 0 Å². The minimum Gasteiger partial charge on any atom is -0.492 e. The van der Waals surface area contributed by atoms with Crippen molar-refractivity contribution >= 4 is 15.9 Å². The summed E-state index contributed by atoms with van der Waals surface area (Å²) in [6, 6.07) is 14.4. The van der Waals surface area contributed by atoms with Crippen molar-refractivity contribution in [3.8, 4) is 5.75 Å². The number of fused-ring (bicyclic) bond motifs is 1. The molecule has 0 amide bonds. The highest BCUT2D eigenvalue weighted by molar-refractivity contribution is 9.10. The summed E-state index contributed by atoms with van der Waals surface area (Å²) >= 11 is 3.45. The summed E-state index contributed by atoms with van der Waals surface area (Å²) in [5.41, 5.74) is 9.95. The average molecular weight is 332 g/mol. The molecule has 1 unspecified atom stereocenters. The first-order valence-corrected chi connectivity index (χ1v) is 7.55. The van der Waals surface area contributed by atoms with Crippen LogP contribution < -0.4 is 10.5 Å². The second-order valence-electron chi connectivity index (χ2n) is 5.96. The van der Waals surface area contributed by atoms with Gasteiger partial charge in [0.15, 0.2) is 0 Å². The Morgan fingerprint density at radius 1 is 1.10 bits per heavy atom. The van der Waals surface area contributed by atoms with Crippen LogP contribution in [0.15, 0.2) is 46.9 Å². The lowest BCUT2D eigenvalue weighted by atomic mass is 9.85. The van der Waals surface area contributed by atoms with E-state index in [4.69, 9.17) is 10.5 Å². The van der Waals surface area contributed by atoms with Crippen LogP contribution in [0.3, 0.4) is 0 Å². The monoisotopic (exact) mass is 331 g/mol. The quantitative estimate of drug-likeness (QED) is 0.896. The van der Waals surface area contributed by atoms with Crippen molar-refractivity contribution in [2.24, 2.45) is 5.73 Å². The molecule has 2 aromatic carbocycles. The first-order valence-electron chi connectivity index (χ1n) is 6.76. The highest BCUT2D eigenvalue weighted by Crippen LogP contribution is 2.39. The predicted octanol–water partition coefficient (Wildman–Crippen LogP) is 4.17. The molecule has 0 aromatic heterocycles. The van der Waals surface area contributed by atoms with Gasteiger partial charge in [-0.25, -0.2) is 0 Å². The zero-order valence-electron chi connectivity index (χ0n) is 11.7. The fraction of sp³-hybridized carbons (Fsp3) is 0.294. The SMILES string of the molecule is CC1(C)COc2ccc(C(N)c3ccc(Br)cc3)cc21. The molecule has 2 nitrogen and oxygen atoms in total. The first kappa shape index (κ1) is 13.7. The van der Waals surface area contributed by atoms with Crippen LogP contribution in [0.2, 0.25) is 0 Å². The maximum absolute atomic E-state index is 6.39. The standard InChI is InChI=1S/C17H18BrNO/c1-17(2)10-20-15-8-5-12(9-14(15)17)16(19)11-3-6-13(18)7-4-11/h3-9,16H,10,19H2,1-2H3. The number of nitrogens with two attached hydrogens (primary N) is 1. The molecule has 0 spiro atoms. The largest absolute Gasteiger partial charge is 0.492 e. The fourth-order valence-corrected chi connectivity index (χ4v) is 2.86. The Kier molecular flexibility index (Phi) is 3.35. The summed E-state index contributed by atoms with van der Waals surface area (Å²) in [5, 5.41) is 0. The maximum Gasteiger partial charge on any atom is 0.123 e. The molecule has 1 heterocycles. The number of rotatable bonds is 2. The van der Waals surface area contributed by atoms with Crippen molar-refractivity contribution < 1.29 is 4.74 Å². The zero-order chi connectivity index (χ0) is 14.3. The van der Waals surface area contributed by atoms with Crippen molar-refractivity contribution in [3.63, 3.8) is 0 Å². The Hall–Kier alpha value is -1.32. The van der Waals surface area contributed by atoms with E-state index in [2.05, 4.69) is 54.0 Å². The summed E-state index contributed by atoms with van der Waals surface area (Å²) in [4.78, 5) is 0. The Labute approximate surface area is 128 Å². The Morgan fingerprint density at radius 3 is 2.45 bits per heavy atom. The molecule has 3 heteroatoms. The molecular weight excluding hydrogens is 314 g/mol. The van der Waals surface area contributed by atoms with Gasteiger partial charge >= 0.3 is 0 Å². The normalized spacial score (nSPS) is 17.4. The van der Waals surface area contributed by atoms with Gasteiger partial charge in [0.25, 0.3) is 0 Å². The Balaban J connectivity index is 1.97. The molecule has 0 saturated carbocycles. The van der Waals surface area contributed by atoms with E-state index in [0.29, 0.717) is 0 Å². The second-order valence-corrected chi connectivity index (χ2v) is 6.87. The number of halogens is 1. The Morgan fingerprint density at radius 2 is 1.75 bits per heavy atom. The van der Waals surface area contributed by atoms with Crippen molar-refractivity contribution in [1.82, 2.24) is 0 Å². The van der Waals surface area contributed by atoms with E-state index in [1.54, 1.807) is 0 Å². The van der Waals surface area contributed by atoms with E-state index in [-0.39, 0.29) is 11.5 Å². The van der Waals surface area contributed by atoms with E-state index in [1.165, 1.54) is 5.56 Å². The molecule has 2 aromatic rings. The lowest BCUT2D eigenvalue weighted by Gasteiger charge is -2.18. The molecule has 0 fully saturated rings. The van der Waals surface area contributed by atoms with E-state index in [1.807, 2.05) is 18.2 Å². The molecule has 3 rings (SSSR count). The predicted molar refractivity (Wildman–Crippen MR) is 85.1 cm³/mol. The molecular formula is C17H18BrNO. The third-order valence-corrected chi connectivity index (χ3v) is 4.44. The van der Waals surface area contributed by atoms with Crippen LogP contribution in [0, 0.1) is 0 Å². The molecule has 0 radical (unpaired) electrons. The van der Waals surface area contributed by atoms with E-state index in [9.17, 15) is 0 Å². The highest BCUT2D eigenvalue weighted by atomic mass is 79.9. The van der Waals surface area contributed by atoms with Crippen LogP contribution in [0.4, 0.5) is 0 Å². The molecule has 0 saturated heterocycles. The van der Waals surface area contributed by atoms with Gasteiger partial charge in [-0.3, -0.25) is 0 Å². The molecule has 20 heavy (non-hydrogen) atoms. The third-order valence-electron chi connectivity index (χ3n) is 3.91. The number of ether oxygens (including phenoxy) is 1. The molecule has 1 aliphatic rings. The van der Waals surface area contributed by atoms with Crippen LogP contribution >= 0.6 is 15.9 Å². The number of hydrogen-bond acceptors (Lipinski definition) is 2. The fourth-order valence-electron chi connectivity index (χ4n) is 2.59. The molecule has 1 atom stereocenters. The molecule has 0 aliphatic carbocycles. The molecule has 2 N–H and O–H groups in total. The summed E-state index contributed by atoms with van der Waals surface area (Å²) in [6.45, 7) is 5.14. The third kappa shape index (κ3) is 2.36. The summed E-state index contributed by atoms with van der Waals surface area (Å²) in [5.74, 6) is 0.988. The first-order chi connectivity index (χ1) is 9.47. The maximum atomic E-state index is 6.39. The summed E-state index contributed by atoms with van der Waals surface area (Å²) in [6.07, 6.45) is 0. The number of benzene rings is 2. The average Bonchev–Trinajstić information content (AvgIpc) is 2.74. The van der Waals surface area contributed by atoms with Gasteiger partial charge in [-0.05, 0) is 35.4 Å². The lowest BCUT2D eigenvalue weighted by Crippen LogP contribution is -2.19. The summed E-state index contributed by atoms with van der Waals surface area (Å²) in [7, 11) is 0. The van der Waals surface area contributed by atoms with Gasteiger partial charge in [-0.15, -0.1) is 0 Å². The Bertz CT molecular complexity index is 634. The van der Waals surface area contributed by atoms with Gasteiger partial charge in [0, 0.05) is 15.5 Å². The number of hydrogen-bond donors (Lipinski definition) is 1. The van der Waals surface area contributed by atoms with Crippen LogP contribution in [-0.2, 0) is 5.41 Å². The van der Waals surface area contributed by atoms with Gasteiger partial charge in [0.2, 0.25) is 0 Å². The van der Waals surface area contributed by atoms with Crippen LogP contribution in [0.5, 0.6) is 5.75 Å². The second kappa shape index (κ2) is 4.90. The highest BCUT2D eigenvalue weighted by Gasteiger charge is 2.32. The van der Waals surface area contributed by atoms with Gasteiger partial charge in [-0.2, -0.15) is 0 Å².